The second-order valence-corrected chi connectivity index (χ2v) is 8.51. The summed E-state index contributed by atoms with van der Waals surface area (Å²) in [6.45, 7) is 7.05. The van der Waals surface area contributed by atoms with Gasteiger partial charge in [0.15, 0.2) is 0 Å². The van der Waals surface area contributed by atoms with Gasteiger partial charge in [-0.2, -0.15) is 0 Å². The van der Waals surface area contributed by atoms with Gasteiger partial charge in [0.25, 0.3) is 5.91 Å². The lowest BCUT2D eigenvalue weighted by Crippen LogP contribution is -2.41. The number of anilines is 1. The van der Waals surface area contributed by atoms with Gasteiger partial charge in [-0.3, -0.25) is 14.5 Å². The van der Waals surface area contributed by atoms with E-state index in [1.165, 1.54) is 16.0 Å². The number of amides is 4. The monoisotopic (exact) mass is 397 g/mol. The highest BCUT2D eigenvalue weighted by molar-refractivity contribution is 7.99. The van der Waals surface area contributed by atoms with Gasteiger partial charge >= 0.3 is 6.03 Å². The Hall–Kier alpha value is -2.80. The highest BCUT2D eigenvalue weighted by atomic mass is 32.2. The van der Waals surface area contributed by atoms with E-state index in [1.54, 1.807) is 37.7 Å². The molecule has 1 aliphatic heterocycles. The van der Waals surface area contributed by atoms with Crippen molar-refractivity contribution in [1.29, 1.82) is 0 Å². The summed E-state index contributed by atoms with van der Waals surface area (Å²) in [5, 5.41) is 5.28. The number of nitrogens with one attached hydrogen (secondary N) is 2. The summed E-state index contributed by atoms with van der Waals surface area (Å²) in [7, 11) is 0. The number of nitrogens with zero attached hydrogens (tertiary/aromatic N) is 1. The fourth-order valence-corrected chi connectivity index (χ4v) is 3.86. The average Bonchev–Trinajstić information content (AvgIpc) is 2.81. The van der Waals surface area contributed by atoms with Gasteiger partial charge in [-0.25, -0.2) is 4.79 Å². The van der Waals surface area contributed by atoms with Crippen LogP contribution in [0.4, 0.5) is 10.5 Å². The molecule has 0 unspecified atom stereocenters. The number of hydrogen-bond acceptors (Lipinski definition) is 4. The fraction of sp³-hybridized carbons (Fsp3) is 0.286. The number of carbonyl (C=O) groups is 3. The highest BCUT2D eigenvalue weighted by Crippen LogP contribution is 2.31. The zero-order valence-corrected chi connectivity index (χ0v) is 17.1. The molecule has 0 aliphatic carbocycles. The molecule has 0 bridgehead atoms. The molecule has 7 heteroatoms. The topological polar surface area (TPSA) is 78.5 Å². The summed E-state index contributed by atoms with van der Waals surface area (Å²) in [5.41, 5.74) is 2.05. The highest BCUT2D eigenvalue weighted by Gasteiger charge is 2.44. The molecule has 0 atom stereocenters. The minimum Gasteiger partial charge on any atom is -0.325 e. The van der Waals surface area contributed by atoms with Crippen molar-refractivity contribution >= 4 is 35.3 Å². The number of aryl methyl sites for hydroxylation is 2. The van der Waals surface area contributed by atoms with Gasteiger partial charge in [0.2, 0.25) is 5.91 Å². The van der Waals surface area contributed by atoms with Crippen LogP contribution < -0.4 is 10.6 Å². The SMILES string of the molecule is Cc1ccc(C)c(Sc2ccc(NC(=O)CN3C(=O)NC(C)(C)C3=O)cc2)c1. The first kappa shape index (κ1) is 19.9. The zero-order valence-electron chi connectivity index (χ0n) is 16.3. The van der Waals surface area contributed by atoms with Crippen LogP contribution in [-0.4, -0.2) is 34.8 Å². The third-order valence-corrected chi connectivity index (χ3v) is 5.62. The predicted molar refractivity (Wildman–Crippen MR) is 109 cm³/mol. The standard InChI is InChI=1S/C21H23N3O3S/c1-13-5-6-14(2)17(11-13)28-16-9-7-15(8-10-16)22-18(25)12-24-19(26)21(3,4)23-20(24)27/h5-11H,12H2,1-4H3,(H,22,25)(H,23,27). The largest absolute Gasteiger partial charge is 0.325 e. The van der Waals surface area contributed by atoms with Crippen LogP contribution in [0.25, 0.3) is 0 Å². The number of urea groups is 1. The molecule has 1 heterocycles. The van der Waals surface area contributed by atoms with Crippen LogP contribution in [0, 0.1) is 13.8 Å². The minimum atomic E-state index is -0.982. The average molecular weight is 398 g/mol. The first-order chi connectivity index (χ1) is 13.2. The molecule has 1 aliphatic rings. The molecule has 28 heavy (non-hydrogen) atoms. The smallest absolute Gasteiger partial charge is 0.325 e. The molecule has 0 radical (unpaired) electrons. The first-order valence-electron chi connectivity index (χ1n) is 8.95. The molecule has 4 amide bonds. The van der Waals surface area contributed by atoms with Crippen LogP contribution in [-0.2, 0) is 9.59 Å². The van der Waals surface area contributed by atoms with Gasteiger partial charge in [0.1, 0.15) is 12.1 Å². The summed E-state index contributed by atoms with van der Waals surface area (Å²) in [5.74, 6) is -0.830. The van der Waals surface area contributed by atoms with Crippen molar-refractivity contribution in [2.75, 3.05) is 11.9 Å². The van der Waals surface area contributed by atoms with Gasteiger partial charge in [0, 0.05) is 15.5 Å². The Morgan fingerprint density at radius 3 is 2.39 bits per heavy atom. The molecule has 146 valence electrons. The number of benzene rings is 2. The van der Waals surface area contributed by atoms with Crippen molar-refractivity contribution in [1.82, 2.24) is 10.2 Å². The molecule has 0 aromatic heterocycles. The Bertz CT molecular complexity index is 938. The molecule has 2 aromatic rings. The fourth-order valence-electron chi connectivity index (χ4n) is 2.86. The van der Waals surface area contributed by atoms with E-state index in [0.717, 1.165) is 9.80 Å². The van der Waals surface area contributed by atoms with E-state index in [4.69, 9.17) is 0 Å². The van der Waals surface area contributed by atoms with Crippen molar-refractivity contribution in [3.05, 3.63) is 53.6 Å². The van der Waals surface area contributed by atoms with E-state index < -0.39 is 23.4 Å². The molecule has 1 saturated heterocycles. The first-order valence-corrected chi connectivity index (χ1v) is 9.76. The van der Waals surface area contributed by atoms with Crippen molar-refractivity contribution in [2.24, 2.45) is 0 Å². The van der Waals surface area contributed by atoms with Gasteiger partial charge < -0.3 is 10.6 Å². The summed E-state index contributed by atoms with van der Waals surface area (Å²) < 4.78 is 0. The Balaban J connectivity index is 1.61. The van der Waals surface area contributed by atoms with E-state index in [0.29, 0.717) is 5.69 Å². The van der Waals surface area contributed by atoms with Crippen LogP contribution in [0.2, 0.25) is 0 Å². The van der Waals surface area contributed by atoms with Crippen molar-refractivity contribution in [2.45, 2.75) is 43.0 Å². The van der Waals surface area contributed by atoms with Crippen molar-refractivity contribution in [3.63, 3.8) is 0 Å². The third-order valence-electron chi connectivity index (χ3n) is 4.46. The summed E-state index contributed by atoms with van der Waals surface area (Å²) in [6.07, 6.45) is 0. The summed E-state index contributed by atoms with van der Waals surface area (Å²) in [4.78, 5) is 39.4. The Kier molecular flexibility index (Phi) is 5.47. The normalized spacial score (nSPS) is 15.5. The molecule has 2 aromatic carbocycles. The van der Waals surface area contributed by atoms with E-state index in [9.17, 15) is 14.4 Å². The molecule has 3 rings (SSSR count). The Morgan fingerprint density at radius 1 is 1.11 bits per heavy atom. The predicted octanol–water partition coefficient (Wildman–Crippen LogP) is 3.72. The Labute approximate surface area is 168 Å². The molecule has 0 saturated carbocycles. The quantitative estimate of drug-likeness (QED) is 0.754. The number of carbonyl (C=O) groups excluding carboxylic acids is 3. The van der Waals surface area contributed by atoms with E-state index in [2.05, 4.69) is 42.7 Å². The maximum Gasteiger partial charge on any atom is 0.325 e. The maximum absolute atomic E-state index is 12.2. The lowest BCUT2D eigenvalue weighted by molar-refractivity contribution is -0.132. The summed E-state index contributed by atoms with van der Waals surface area (Å²) in [6, 6.07) is 13.3. The second-order valence-electron chi connectivity index (χ2n) is 7.39. The van der Waals surface area contributed by atoms with Gasteiger partial charge in [-0.1, -0.05) is 23.9 Å². The van der Waals surface area contributed by atoms with Crippen LogP contribution in [0.15, 0.2) is 52.3 Å². The maximum atomic E-state index is 12.2. The van der Waals surface area contributed by atoms with Crippen LogP contribution in [0.1, 0.15) is 25.0 Å². The van der Waals surface area contributed by atoms with Crippen LogP contribution in [0.5, 0.6) is 0 Å². The lowest BCUT2D eigenvalue weighted by atomic mass is 10.1. The second kappa shape index (κ2) is 7.67. The van der Waals surface area contributed by atoms with Crippen molar-refractivity contribution in [3.8, 4) is 0 Å². The zero-order chi connectivity index (χ0) is 20.5. The number of imide groups is 1. The minimum absolute atomic E-state index is 0.312. The van der Waals surface area contributed by atoms with Crippen LogP contribution >= 0.6 is 11.8 Å². The van der Waals surface area contributed by atoms with E-state index >= 15 is 0 Å². The number of rotatable bonds is 5. The molecule has 1 fully saturated rings. The molecular weight excluding hydrogens is 374 g/mol. The van der Waals surface area contributed by atoms with Crippen molar-refractivity contribution < 1.29 is 14.4 Å². The van der Waals surface area contributed by atoms with E-state index in [1.807, 2.05) is 12.1 Å². The molecule has 6 nitrogen and oxygen atoms in total. The summed E-state index contributed by atoms with van der Waals surface area (Å²) >= 11 is 1.66. The van der Waals surface area contributed by atoms with E-state index in [-0.39, 0.29) is 6.54 Å². The van der Waals surface area contributed by atoms with Gasteiger partial charge in [-0.15, -0.1) is 0 Å². The third kappa shape index (κ3) is 4.36. The Morgan fingerprint density at radius 2 is 1.79 bits per heavy atom. The number of hydrogen-bond donors (Lipinski definition) is 2. The van der Waals surface area contributed by atoms with Gasteiger partial charge in [0.05, 0.1) is 0 Å². The molecule has 0 spiro atoms. The van der Waals surface area contributed by atoms with Crippen LogP contribution in [0.3, 0.4) is 0 Å². The lowest BCUT2D eigenvalue weighted by Gasteiger charge is -2.15. The molecular formula is C21H23N3O3S. The van der Waals surface area contributed by atoms with Gasteiger partial charge in [-0.05, 0) is 69.2 Å². The molecule has 2 N–H and O–H groups in total.